The van der Waals surface area contributed by atoms with E-state index in [2.05, 4.69) is 19.9 Å². The average Bonchev–Trinajstić information content (AvgIpc) is 2.63. The predicted octanol–water partition coefficient (Wildman–Crippen LogP) is 1.40. The largest absolute Gasteiger partial charge is 0.398 e. The standard InChI is InChI=1S/C17H19N7O/c1-10-2-3-12(18)11(8-10)13-9-20-15-14(21-13)16(23-17(19)22-15)24-4-6-25-7-5-24/h2-3,8-9H,4-7,18H2,1H3,(H2,19,20,22,23). The second-order valence-electron chi connectivity index (χ2n) is 6.02. The minimum absolute atomic E-state index is 0.186. The van der Waals surface area contributed by atoms with Gasteiger partial charge in [-0.3, -0.25) is 0 Å². The molecule has 25 heavy (non-hydrogen) atoms. The number of ether oxygens (including phenoxy) is 1. The SMILES string of the molecule is Cc1ccc(N)c(-c2cnc3nc(N)nc(N4CCOCC4)c3n2)c1. The second-order valence-corrected chi connectivity index (χ2v) is 6.02. The molecule has 1 saturated heterocycles. The van der Waals surface area contributed by atoms with E-state index in [1.54, 1.807) is 6.20 Å². The summed E-state index contributed by atoms with van der Waals surface area (Å²) >= 11 is 0. The molecule has 0 atom stereocenters. The van der Waals surface area contributed by atoms with E-state index in [0.717, 1.165) is 24.2 Å². The van der Waals surface area contributed by atoms with Crippen molar-refractivity contribution >= 4 is 28.6 Å². The Morgan fingerprint density at radius 2 is 1.88 bits per heavy atom. The zero-order valence-corrected chi connectivity index (χ0v) is 13.9. The fourth-order valence-electron chi connectivity index (χ4n) is 2.93. The summed E-state index contributed by atoms with van der Waals surface area (Å²) in [5.41, 5.74) is 16.4. The Morgan fingerprint density at radius 1 is 1.08 bits per heavy atom. The van der Waals surface area contributed by atoms with Gasteiger partial charge < -0.3 is 21.1 Å². The van der Waals surface area contributed by atoms with Gasteiger partial charge in [0.2, 0.25) is 5.95 Å². The first kappa shape index (κ1) is 15.5. The zero-order chi connectivity index (χ0) is 17.4. The molecule has 0 amide bonds. The van der Waals surface area contributed by atoms with E-state index in [4.69, 9.17) is 21.2 Å². The van der Waals surface area contributed by atoms with Crippen molar-refractivity contribution in [2.45, 2.75) is 6.92 Å². The fraction of sp³-hybridized carbons (Fsp3) is 0.294. The number of nitrogen functional groups attached to an aromatic ring is 2. The molecule has 1 aliphatic rings. The van der Waals surface area contributed by atoms with Crippen LogP contribution in [0.15, 0.2) is 24.4 Å². The number of benzene rings is 1. The smallest absolute Gasteiger partial charge is 0.224 e. The molecule has 1 aliphatic heterocycles. The highest BCUT2D eigenvalue weighted by Gasteiger charge is 2.19. The van der Waals surface area contributed by atoms with Gasteiger partial charge in [0.15, 0.2) is 17.0 Å². The fourth-order valence-corrected chi connectivity index (χ4v) is 2.93. The monoisotopic (exact) mass is 337 g/mol. The van der Waals surface area contributed by atoms with Gasteiger partial charge in [0.25, 0.3) is 0 Å². The molecular formula is C17H19N7O. The van der Waals surface area contributed by atoms with Gasteiger partial charge in [0.1, 0.15) is 0 Å². The summed E-state index contributed by atoms with van der Waals surface area (Å²) in [6.07, 6.45) is 1.67. The molecule has 2 aromatic heterocycles. The molecule has 3 aromatic rings. The van der Waals surface area contributed by atoms with Crippen LogP contribution in [-0.4, -0.2) is 46.2 Å². The summed E-state index contributed by atoms with van der Waals surface area (Å²) in [6, 6.07) is 5.84. The van der Waals surface area contributed by atoms with E-state index < -0.39 is 0 Å². The lowest BCUT2D eigenvalue weighted by Crippen LogP contribution is -2.37. The summed E-state index contributed by atoms with van der Waals surface area (Å²) < 4.78 is 5.42. The van der Waals surface area contributed by atoms with Crippen LogP contribution in [0.25, 0.3) is 22.4 Å². The molecule has 0 spiro atoms. The van der Waals surface area contributed by atoms with Gasteiger partial charge in [-0.25, -0.2) is 9.97 Å². The highest BCUT2D eigenvalue weighted by Crippen LogP contribution is 2.29. The lowest BCUT2D eigenvalue weighted by molar-refractivity contribution is 0.122. The van der Waals surface area contributed by atoms with Crippen molar-refractivity contribution in [3.8, 4) is 11.3 Å². The van der Waals surface area contributed by atoms with Crippen molar-refractivity contribution in [3.05, 3.63) is 30.0 Å². The first-order valence-electron chi connectivity index (χ1n) is 8.11. The molecule has 0 saturated carbocycles. The summed E-state index contributed by atoms with van der Waals surface area (Å²) in [5.74, 6) is 0.873. The maximum atomic E-state index is 6.12. The first-order valence-corrected chi connectivity index (χ1v) is 8.11. The molecule has 4 N–H and O–H groups in total. The van der Waals surface area contributed by atoms with Crippen LogP contribution in [-0.2, 0) is 4.74 Å². The number of anilines is 3. The van der Waals surface area contributed by atoms with Crippen LogP contribution < -0.4 is 16.4 Å². The molecule has 0 unspecified atom stereocenters. The van der Waals surface area contributed by atoms with Gasteiger partial charge >= 0.3 is 0 Å². The Kier molecular flexibility index (Phi) is 3.81. The number of aromatic nitrogens is 4. The molecule has 8 heteroatoms. The number of morpholine rings is 1. The third-order valence-electron chi connectivity index (χ3n) is 4.20. The maximum absolute atomic E-state index is 6.12. The van der Waals surface area contributed by atoms with Crippen molar-refractivity contribution in [2.24, 2.45) is 0 Å². The van der Waals surface area contributed by atoms with E-state index >= 15 is 0 Å². The van der Waals surface area contributed by atoms with Crippen molar-refractivity contribution in [2.75, 3.05) is 42.7 Å². The van der Waals surface area contributed by atoms with Crippen LogP contribution in [0.2, 0.25) is 0 Å². The Balaban J connectivity index is 1.89. The van der Waals surface area contributed by atoms with E-state index in [1.165, 1.54) is 0 Å². The van der Waals surface area contributed by atoms with E-state index in [0.29, 0.717) is 41.6 Å². The van der Waals surface area contributed by atoms with Crippen molar-refractivity contribution < 1.29 is 4.74 Å². The minimum atomic E-state index is 0.186. The highest BCUT2D eigenvalue weighted by molar-refractivity contribution is 5.87. The van der Waals surface area contributed by atoms with Crippen LogP contribution in [0, 0.1) is 6.92 Å². The number of hydrogen-bond acceptors (Lipinski definition) is 8. The maximum Gasteiger partial charge on any atom is 0.224 e. The molecular weight excluding hydrogens is 318 g/mol. The summed E-state index contributed by atoms with van der Waals surface area (Å²) in [6.45, 7) is 4.75. The van der Waals surface area contributed by atoms with Crippen LogP contribution in [0.5, 0.6) is 0 Å². The van der Waals surface area contributed by atoms with Crippen molar-refractivity contribution in [1.29, 1.82) is 0 Å². The Bertz CT molecular complexity index is 938. The van der Waals surface area contributed by atoms with Crippen LogP contribution >= 0.6 is 0 Å². The van der Waals surface area contributed by atoms with Gasteiger partial charge in [-0.05, 0) is 19.1 Å². The van der Waals surface area contributed by atoms with E-state index in [-0.39, 0.29) is 5.95 Å². The molecule has 4 rings (SSSR count). The lowest BCUT2D eigenvalue weighted by atomic mass is 10.1. The third kappa shape index (κ3) is 2.91. The van der Waals surface area contributed by atoms with Crippen LogP contribution in [0.1, 0.15) is 5.56 Å². The predicted molar refractivity (Wildman–Crippen MR) is 97.2 cm³/mol. The number of aryl methyl sites for hydroxylation is 1. The second kappa shape index (κ2) is 6.14. The van der Waals surface area contributed by atoms with Gasteiger partial charge in [0, 0.05) is 24.3 Å². The topological polar surface area (TPSA) is 116 Å². The normalized spacial score (nSPS) is 14.8. The molecule has 0 aliphatic carbocycles. The molecule has 0 radical (unpaired) electrons. The number of hydrogen-bond donors (Lipinski definition) is 2. The Morgan fingerprint density at radius 3 is 2.68 bits per heavy atom. The summed E-state index contributed by atoms with van der Waals surface area (Å²) in [7, 11) is 0. The van der Waals surface area contributed by atoms with E-state index in [9.17, 15) is 0 Å². The Hall–Kier alpha value is -3.00. The van der Waals surface area contributed by atoms with Crippen LogP contribution in [0.4, 0.5) is 17.5 Å². The quantitative estimate of drug-likeness (QED) is 0.674. The third-order valence-corrected chi connectivity index (χ3v) is 4.20. The number of nitrogens with two attached hydrogens (primary N) is 2. The van der Waals surface area contributed by atoms with Crippen molar-refractivity contribution in [3.63, 3.8) is 0 Å². The number of nitrogens with zero attached hydrogens (tertiary/aromatic N) is 5. The van der Waals surface area contributed by atoms with Crippen LogP contribution in [0.3, 0.4) is 0 Å². The molecule has 8 nitrogen and oxygen atoms in total. The minimum Gasteiger partial charge on any atom is -0.398 e. The Labute approximate surface area is 144 Å². The van der Waals surface area contributed by atoms with Gasteiger partial charge in [0.05, 0.1) is 25.1 Å². The molecule has 128 valence electrons. The number of rotatable bonds is 2. The molecule has 0 bridgehead atoms. The van der Waals surface area contributed by atoms with Gasteiger partial charge in [-0.1, -0.05) is 11.6 Å². The zero-order valence-electron chi connectivity index (χ0n) is 13.9. The van der Waals surface area contributed by atoms with Crippen molar-refractivity contribution in [1.82, 2.24) is 19.9 Å². The summed E-state index contributed by atoms with van der Waals surface area (Å²) in [4.78, 5) is 19.9. The lowest BCUT2D eigenvalue weighted by Gasteiger charge is -2.28. The highest BCUT2D eigenvalue weighted by atomic mass is 16.5. The average molecular weight is 337 g/mol. The first-order chi connectivity index (χ1) is 12.1. The molecule has 1 fully saturated rings. The van der Waals surface area contributed by atoms with E-state index in [1.807, 2.05) is 25.1 Å². The molecule has 3 heterocycles. The van der Waals surface area contributed by atoms with Gasteiger partial charge in [-0.2, -0.15) is 9.97 Å². The summed E-state index contributed by atoms with van der Waals surface area (Å²) in [5, 5.41) is 0. The van der Waals surface area contributed by atoms with Gasteiger partial charge in [-0.15, -0.1) is 0 Å². The number of fused-ring (bicyclic) bond motifs is 1. The molecule has 1 aromatic carbocycles.